The Hall–Kier alpha value is -2.58. The van der Waals surface area contributed by atoms with E-state index >= 15 is 0 Å². The topological polar surface area (TPSA) is 110 Å². The second-order valence-electron chi connectivity index (χ2n) is 6.30. The van der Waals surface area contributed by atoms with E-state index < -0.39 is 46.9 Å². The number of aliphatic hydroxyl groups excluding tert-OH is 1. The quantitative estimate of drug-likeness (QED) is 0.378. The van der Waals surface area contributed by atoms with Crippen molar-refractivity contribution in [2.45, 2.75) is 18.6 Å². The predicted molar refractivity (Wildman–Crippen MR) is 81.1 cm³/mol. The zero-order valence-corrected chi connectivity index (χ0v) is 12.7. The lowest BCUT2D eigenvalue weighted by Crippen LogP contribution is -2.43. The molecule has 0 spiro atoms. The normalized spacial score (nSPS) is 33.4. The SMILES string of the molecule is Cc1ccc(N2C(=O)[C@@H]3[C@H]4C=C[C@@](CO)(O4)[C@H]3C2=O)cc1[N+](=O)[O-]. The van der Waals surface area contributed by atoms with Gasteiger partial charge in [-0.3, -0.25) is 19.7 Å². The van der Waals surface area contributed by atoms with Crippen LogP contribution in [-0.2, 0) is 14.3 Å². The van der Waals surface area contributed by atoms with Crippen molar-refractivity contribution < 1.29 is 24.4 Å². The van der Waals surface area contributed by atoms with E-state index in [1.807, 2.05) is 0 Å². The number of nitro groups is 1. The summed E-state index contributed by atoms with van der Waals surface area (Å²) in [5.41, 5.74) is -0.712. The van der Waals surface area contributed by atoms with Crippen LogP contribution in [0.15, 0.2) is 30.4 Å². The standard InChI is InChI=1S/C16H14N2O6/c1-8-2-3-9(6-10(8)18(22)23)17-14(20)12-11-4-5-16(7-19,24-11)13(12)15(17)21/h2-6,11-13,19H,7H2,1H3/t11-,12-,13-,16+/m1/s1. The molecule has 0 aliphatic carbocycles. The van der Waals surface area contributed by atoms with Crippen molar-refractivity contribution in [3.05, 3.63) is 46.0 Å². The minimum atomic E-state index is -1.17. The van der Waals surface area contributed by atoms with Crippen LogP contribution in [0.3, 0.4) is 0 Å². The summed E-state index contributed by atoms with van der Waals surface area (Å²) in [5, 5.41) is 20.8. The molecule has 2 amide bonds. The Morgan fingerprint density at radius 3 is 2.79 bits per heavy atom. The maximum Gasteiger partial charge on any atom is 0.274 e. The fraction of sp³-hybridized carbons (Fsp3) is 0.375. The van der Waals surface area contributed by atoms with Gasteiger partial charge in [-0.25, -0.2) is 4.90 Å². The molecule has 2 fully saturated rings. The second-order valence-corrected chi connectivity index (χ2v) is 6.30. The summed E-state index contributed by atoms with van der Waals surface area (Å²) in [7, 11) is 0. The summed E-state index contributed by atoms with van der Waals surface area (Å²) in [6.45, 7) is 1.19. The van der Waals surface area contributed by atoms with Crippen LogP contribution in [-0.4, -0.2) is 40.2 Å². The Morgan fingerprint density at radius 2 is 2.12 bits per heavy atom. The van der Waals surface area contributed by atoms with E-state index in [-0.39, 0.29) is 11.4 Å². The van der Waals surface area contributed by atoms with E-state index in [1.165, 1.54) is 18.2 Å². The highest BCUT2D eigenvalue weighted by Crippen LogP contribution is 2.52. The zero-order valence-electron chi connectivity index (χ0n) is 12.7. The van der Waals surface area contributed by atoms with Gasteiger partial charge in [-0.2, -0.15) is 0 Å². The fourth-order valence-corrected chi connectivity index (χ4v) is 3.87. The lowest BCUT2D eigenvalue weighted by molar-refractivity contribution is -0.385. The van der Waals surface area contributed by atoms with Crippen molar-refractivity contribution in [1.82, 2.24) is 0 Å². The first-order valence-corrected chi connectivity index (χ1v) is 7.50. The highest BCUT2D eigenvalue weighted by molar-refractivity contribution is 6.23. The number of anilines is 1. The number of aliphatic hydroxyl groups is 1. The Bertz CT molecular complexity index is 819. The van der Waals surface area contributed by atoms with Crippen LogP contribution >= 0.6 is 0 Å². The van der Waals surface area contributed by atoms with E-state index in [0.717, 1.165) is 4.90 Å². The number of benzene rings is 1. The number of ether oxygens (including phenoxy) is 1. The van der Waals surface area contributed by atoms with E-state index in [0.29, 0.717) is 5.56 Å². The van der Waals surface area contributed by atoms with E-state index in [9.17, 15) is 24.8 Å². The molecule has 0 aromatic heterocycles. The molecular formula is C16H14N2O6. The molecule has 4 rings (SSSR count). The van der Waals surface area contributed by atoms with Crippen molar-refractivity contribution in [2.75, 3.05) is 11.5 Å². The van der Waals surface area contributed by atoms with Crippen molar-refractivity contribution in [3.63, 3.8) is 0 Å². The minimum absolute atomic E-state index is 0.153. The lowest BCUT2D eigenvalue weighted by Gasteiger charge is -2.26. The van der Waals surface area contributed by atoms with Gasteiger partial charge in [-0.15, -0.1) is 0 Å². The van der Waals surface area contributed by atoms with Crippen LogP contribution in [0.5, 0.6) is 0 Å². The van der Waals surface area contributed by atoms with Gasteiger partial charge in [0.1, 0.15) is 5.60 Å². The Kier molecular flexibility index (Phi) is 2.94. The Balaban J connectivity index is 1.77. The van der Waals surface area contributed by atoms with Gasteiger partial charge in [0.15, 0.2) is 0 Å². The van der Waals surface area contributed by atoms with E-state index in [1.54, 1.807) is 19.1 Å². The highest BCUT2D eigenvalue weighted by Gasteiger charge is 2.67. The van der Waals surface area contributed by atoms with Crippen molar-refractivity contribution >= 4 is 23.2 Å². The monoisotopic (exact) mass is 330 g/mol. The molecule has 2 saturated heterocycles. The van der Waals surface area contributed by atoms with Gasteiger partial charge in [-0.1, -0.05) is 18.2 Å². The number of carbonyl (C=O) groups excluding carboxylic acids is 2. The predicted octanol–water partition coefficient (Wildman–Crippen LogP) is 0.709. The molecule has 3 aliphatic rings. The number of hydrogen-bond donors (Lipinski definition) is 1. The first kappa shape index (κ1) is 15.0. The summed E-state index contributed by atoms with van der Waals surface area (Å²) in [5.74, 6) is -2.45. The molecule has 0 unspecified atom stereocenters. The summed E-state index contributed by atoms with van der Waals surface area (Å²) in [4.78, 5) is 37.1. The van der Waals surface area contributed by atoms with Gasteiger partial charge in [0, 0.05) is 11.6 Å². The molecular weight excluding hydrogens is 316 g/mol. The van der Waals surface area contributed by atoms with Crippen LogP contribution in [0.2, 0.25) is 0 Å². The van der Waals surface area contributed by atoms with Gasteiger partial charge >= 0.3 is 0 Å². The number of imide groups is 1. The molecule has 2 bridgehead atoms. The molecule has 8 nitrogen and oxygen atoms in total. The van der Waals surface area contributed by atoms with Gasteiger partial charge < -0.3 is 9.84 Å². The largest absolute Gasteiger partial charge is 0.393 e. The van der Waals surface area contributed by atoms with Crippen LogP contribution < -0.4 is 4.90 Å². The van der Waals surface area contributed by atoms with E-state index in [4.69, 9.17) is 4.74 Å². The third kappa shape index (κ3) is 1.69. The van der Waals surface area contributed by atoms with Gasteiger partial charge in [0.05, 0.1) is 35.2 Å². The van der Waals surface area contributed by atoms with Crippen LogP contribution in [0.4, 0.5) is 11.4 Å². The van der Waals surface area contributed by atoms with Crippen molar-refractivity contribution in [1.29, 1.82) is 0 Å². The van der Waals surface area contributed by atoms with E-state index in [2.05, 4.69) is 0 Å². The smallest absolute Gasteiger partial charge is 0.274 e. The number of carbonyl (C=O) groups is 2. The number of amides is 2. The van der Waals surface area contributed by atoms with Gasteiger partial charge in [-0.05, 0) is 13.0 Å². The number of rotatable bonds is 3. The van der Waals surface area contributed by atoms with Gasteiger partial charge in [0.2, 0.25) is 11.8 Å². The minimum Gasteiger partial charge on any atom is -0.393 e. The maximum atomic E-state index is 12.8. The molecule has 3 heterocycles. The first-order valence-electron chi connectivity index (χ1n) is 7.50. The Morgan fingerprint density at radius 1 is 1.38 bits per heavy atom. The summed E-state index contributed by atoms with van der Waals surface area (Å²) in [6.07, 6.45) is 2.76. The number of fused-ring (bicyclic) bond motifs is 5. The molecule has 124 valence electrons. The molecule has 1 N–H and O–H groups in total. The molecule has 0 radical (unpaired) electrons. The third-order valence-electron chi connectivity index (χ3n) is 5.05. The number of hydrogen-bond acceptors (Lipinski definition) is 6. The molecule has 3 aliphatic heterocycles. The van der Waals surface area contributed by atoms with Crippen molar-refractivity contribution in [3.8, 4) is 0 Å². The molecule has 8 heteroatoms. The van der Waals surface area contributed by atoms with Crippen LogP contribution in [0.1, 0.15) is 5.56 Å². The summed E-state index contributed by atoms with van der Waals surface area (Å²) in [6, 6.07) is 4.25. The highest BCUT2D eigenvalue weighted by atomic mass is 16.6. The number of nitro benzene ring substituents is 1. The van der Waals surface area contributed by atoms with Crippen LogP contribution in [0, 0.1) is 28.9 Å². The average Bonchev–Trinajstić information content (AvgIpc) is 3.19. The molecule has 24 heavy (non-hydrogen) atoms. The molecule has 1 aromatic rings. The fourth-order valence-electron chi connectivity index (χ4n) is 3.87. The molecule has 0 saturated carbocycles. The Labute approximate surface area is 136 Å². The van der Waals surface area contributed by atoms with Crippen LogP contribution in [0.25, 0.3) is 0 Å². The van der Waals surface area contributed by atoms with Gasteiger partial charge in [0.25, 0.3) is 5.69 Å². The summed E-state index contributed by atoms with van der Waals surface area (Å²) >= 11 is 0. The molecule has 4 atom stereocenters. The lowest BCUT2D eigenvalue weighted by atomic mass is 9.77. The molecule has 1 aromatic carbocycles. The number of aryl methyl sites for hydroxylation is 1. The zero-order chi connectivity index (χ0) is 17.2. The third-order valence-corrected chi connectivity index (χ3v) is 5.05. The first-order chi connectivity index (χ1) is 11.4. The second kappa shape index (κ2) is 4.71. The average molecular weight is 330 g/mol. The van der Waals surface area contributed by atoms with Crippen molar-refractivity contribution in [2.24, 2.45) is 11.8 Å². The number of nitrogens with zero attached hydrogens (tertiary/aromatic N) is 2. The maximum absolute atomic E-state index is 12.8. The summed E-state index contributed by atoms with van der Waals surface area (Å²) < 4.78 is 5.64.